The summed E-state index contributed by atoms with van der Waals surface area (Å²) < 4.78 is 0. The monoisotopic (exact) mass is 277 g/mol. The second-order valence-electron chi connectivity index (χ2n) is 4.99. The number of hydrogen-bond acceptors (Lipinski definition) is 3. The van der Waals surface area contributed by atoms with Gasteiger partial charge in [0, 0.05) is 18.4 Å². The van der Waals surface area contributed by atoms with Crippen molar-refractivity contribution in [3.8, 4) is 0 Å². The van der Waals surface area contributed by atoms with Crippen molar-refractivity contribution in [1.29, 1.82) is 0 Å². The molecule has 2 N–H and O–H groups in total. The smallest absolute Gasteiger partial charge is 0.244 e. The lowest BCUT2D eigenvalue weighted by atomic mass is 10.0. The molecule has 0 spiro atoms. The molecule has 0 saturated carbocycles. The molecule has 1 saturated heterocycles. The molecule has 1 fully saturated rings. The molecular formula is C15H19NO2S. The SMILES string of the molecule is Cc1cccc(C=CC(=O)NCC2(O)CCSC2)c1. The highest BCUT2D eigenvalue weighted by Gasteiger charge is 2.31. The summed E-state index contributed by atoms with van der Waals surface area (Å²) in [4.78, 5) is 11.7. The molecule has 1 aliphatic rings. The molecular weight excluding hydrogens is 258 g/mol. The standard InChI is InChI=1S/C15H19NO2S/c1-12-3-2-4-13(9-12)5-6-14(17)16-10-15(18)7-8-19-11-15/h2-6,9,18H,7-8,10-11H2,1H3,(H,16,17). The maximum atomic E-state index is 11.7. The van der Waals surface area contributed by atoms with Crippen molar-refractivity contribution in [3.05, 3.63) is 41.5 Å². The molecule has 102 valence electrons. The zero-order valence-electron chi connectivity index (χ0n) is 11.1. The van der Waals surface area contributed by atoms with E-state index in [1.54, 1.807) is 17.8 Å². The minimum atomic E-state index is -0.725. The molecule has 3 nitrogen and oxygen atoms in total. The Morgan fingerprint density at radius 2 is 2.42 bits per heavy atom. The highest BCUT2D eigenvalue weighted by molar-refractivity contribution is 7.99. The fourth-order valence-electron chi connectivity index (χ4n) is 1.99. The van der Waals surface area contributed by atoms with E-state index in [9.17, 15) is 9.90 Å². The first-order valence-corrected chi connectivity index (χ1v) is 7.56. The van der Waals surface area contributed by atoms with Gasteiger partial charge < -0.3 is 10.4 Å². The quantitative estimate of drug-likeness (QED) is 0.828. The zero-order valence-corrected chi connectivity index (χ0v) is 11.9. The highest BCUT2D eigenvalue weighted by atomic mass is 32.2. The molecule has 0 radical (unpaired) electrons. The average Bonchev–Trinajstić information content (AvgIpc) is 2.82. The van der Waals surface area contributed by atoms with Crippen LogP contribution in [0.25, 0.3) is 6.08 Å². The molecule has 1 atom stereocenters. The topological polar surface area (TPSA) is 49.3 Å². The normalized spacial score (nSPS) is 22.8. The summed E-state index contributed by atoms with van der Waals surface area (Å²) in [7, 11) is 0. The predicted molar refractivity (Wildman–Crippen MR) is 80.1 cm³/mol. The van der Waals surface area contributed by atoms with Gasteiger partial charge in [0.15, 0.2) is 0 Å². The Hall–Kier alpha value is -1.26. The van der Waals surface area contributed by atoms with E-state index in [2.05, 4.69) is 5.32 Å². The Labute approximate surface area is 118 Å². The van der Waals surface area contributed by atoms with Crippen LogP contribution in [0.1, 0.15) is 17.5 Å². The number of hydrogen-bond donors (Lipinski definition) is 2. The number of benzene rings is 1. The molecule has 0 bridgehead atoms. The van der Waals surface area contributed by atoms with Gasteiger partial charge in [0.2, 0.25) is 5.91 Å². The summed E-state index contributed by atoms with van der Waals surface area (Å²) in [6, 6.07) is 7.96. The van der Waals surface area contributed by atoms with Gasteiger partial charge in [-0.3, -0.25) is 4.79 Å². The first-order chi connectivity index (χ1) is 9.07. The average molecular weight is 277 g/mol. The van der Waals surface area contributed by atoms with Gasteiger partial charge in [-0.1, -0.05) is 29.8 Å². The summed E-state index contributed by atoms with van der Waals surface area (Å²) in [5.74, 6) is 1.51. The Bertz CT molecular complexity index is 479. The number of nitrogens with one attached hydrogen (secondary N) is 1. The van der Waals surface area contributed by atoms with Crippen LogP contribution in [0.3, 0.4) is 0 Å². The lowest BCUT2D eigenvalue weighted by Crippen LogP contribution is -2.42. The van der Waals surface area contributed by atoms with E-state index >= 15 is 0 Å². The van der Waals surface area contributed by atoms with Gasteiger partial charge in [-0.15, -0.1) is 0 Å². The van der Waals surface area contributed by atoms with Crippen LogP contribution in [-0.4, -0.2) is 34.7 Å². The Morgan fingerprint density at radius 1 is 1.58 bits per heavy atom. The first kappa shape index (κ1) is 14.2. The second kappa shape index (κ2) is 6.26. The van der Waals surface area contributed by atoms with Crippen molar-refractivity contribution < 1.29 is 9.90 Å². The minimum absolute atomic E-state index is 0.160. The van der Waals surface area contributed by atoms with Crippen LogP contribution in [0, 0.1) is 6.92 Å². The van der Waals surface area contributed by atoms with E-state index in [1.165, 1.54) is 11.6 Å². The number of carbonyl (C=O) groups is 1. The molecule has 19 heavy (non-hydrogen) atoms. The summed E-state index contributed by atoms with van der Waals surface area (Å²) >= 11 is 1.73. The Morgan fingerprint density at radius 3 is 3.11 bits per heavy atom. The molecule has 1 unspecified atom stereocenters. The van der Waals surface area contributed by atoms with Crippen molar-refractivity contribution in [2.45, 2.75) is 18.9 Å². The van der Waals surface area contributed by atoms with Crippen LogP contribution < -0.4 is 5.32 Å². The Kier molecular flexibility index (Phi) is 4.66. The summed E-state index contributed by atoms with van der Waals surface area (Å²) in [6.45, 7) is 2.35. The van der Waals surface area contributed by atoms with Crippen LogP contribution in [0.5, 0.6) is 0 Å². The van der Waals surface area contributed by atoms with Crippen LogP contribution in [0.4, 0.5) is 0 Å². The third-order valence-corrected chi connectivity index (χ3v) is 4.38. The molecule has 1 amide bonds. The summed E-state index contributed by atoms with van der Waals surface area (Å²) in [5, 5.41) is 12.9. The van der Waals surface area contributed by atoms with E-state index < -0.39 is 5.60 Å². The second-order valence-corrected chi connectivity index (χ2v) is 6.10. The van der Waals surface area contributed by atoms with Gasteiger partial charge in [0.05, 0.1) is 5.60 Å². The van der Waals surface area contributed by atoms with Crippen LogP contribution in [-0.2, 0) is 4.79 Å². The number of rotatable bonds is 4. The third-order valence-electron chi connectivity index (χ3n) is 3.14. The van der Waals surface area contributed by atoms with Crippen molar-refractivity contribution >= 4 is 23.7 Å². The fraction of sp³-hybridized carbons (Fsp3) is 0.400. The van der Waals surface area contributed by atoms with Gasteiger partial charge in [-0.2, -0.15) is 11.8 Å². The molecule has 1 heterocycles. The molecule has 1 aromatic carbocycles. The first-order valence-electron chi connectivity index (χ1n) is 6.40. The molecule has 4 heteroatoms. The van der Waals surface area contributed by atoms with E-state index in [-0.39, 0.29) is 5.91 Å². The van der Waals surface area contributed by atoms with Gasteiger partial charge in [0.25, 0.3) is 0 Å². The van der Waals surface area contributed by atoms with E-state index in [0.717, 1.165) is 17.7 Å². The van der Waals surface area contributed by atoms with E-state index in [4.69, 9.17) is 0 Å². The van der Waals surface area contributed by atoms with Crippen LogP contribution >= 0.6 is 11.8 Å². The molecule has 1 aromatic rings. The molecule has 0 aromatic heterocycles. The minimum Gasteiger partial charge on any atom is -0.387 e. The summed E-state index contributed by atoms with van der Waals surface area (Å²) in [6.07, 6.45) is 4.05. The number of aliphatic hydroxyl groups is 1. The molecule has 0 aliphatic carbocycles. The molecule has 1 aliphatic heterocycles. The van der Waals surface area contributed by atoms with Gasteiger partial charge in [-0.05, 0) is 30.7 Å². The summed E-state index contributed by atoms with van der Waals surface area (Å²) in [5.41, 5.74) is 1.45. The maximum absolute atomic E-state index is 11.7. The van der Waals surface area contributed by atoms with Crippen LogP contribution in [0.15, 0.2) is 30.3 Å². The molecule has 2 rings (SSSR count). The van der Waals surface area contributed by atoms with Crippen molar-refractivity contribution in [2.75, 3.05) is 18.1 Å². The van der Waals surface area contributed by atoms with Gasteiger partial charge >= 0.3 is 0 Å². The maximum Gasteiger partial charge on any atom is 0.244 e. The van der Waals surface area contributed by atoms with Gasteiger partial charge in [-0.25, -0.2) is 0 Å². The van der Waals surface area contributed by atoms with Crippen molar-refractivity contribution in [3.63, 3.8) is 0 Å². The Balaban J connectivity index is 1.84. The van der Waals surface area contributed by atoms with Gasteiger partial charge in [0.1, 0.15) is 0 Å². The third kappa shape index (κ3) is 4.40. The lowest BCUT2D eigenvalue weighted by Gasteiger charge is -2.20. The van der Waals surface area contributed by atoms with E-state index in [1.807, 2.05) is 31.2 Å². The fourth-order valence-corrected chi connectivity index (χ4v) is 3.29. The lowest BCUT2D eigenvalue weighted by molar-refractivity contribution is -0.117. The largest absolute Gasteiger partial charge is 0.387 e. The van der Waals surface area contributed by atoms with Crippen molar-refractivity contribution in [2.24, 2.45) is 0 Å². The number of carbonyl (C=O) groups excluding carboxylic acids is 1. The number of amides is 1. The number of aryl methyl sites for hydroxylation is 1. The van der Waals surface area contributed by atoms with E-state index in [0.29, 0.717) is 12.3 Å². The zero-order chi connectivity index (χ0) is 13.7. The highest BCUT2D eigenvalue weighted by Crippen LogP contribution is 2.26. The van der Waals surface area contributed by atoms with Crippen LogP contribution in [0.2, 0.25) is 0 Å². The number of thioether (sulfide) groups is 1. The predicted octanol–water partition coefficient (Wildman–Crippen LogP) is 1.99. The van der Waals surface area contributed by atoms with Crippen molar-refractivity contribution in [1.82, 2.24) is 5.32 Å².